The van der Waals surface area contributed by atoms with Crippen LogP contribution >= 0.6 is 22.6 Å². The van der Waals surface area contributed by atoms with Gasteiger partial charge in [-0.15, -0.1) is 0 Å². The third-order valence-corrected chi connectivity index (χ3v) is 5.03. The van der Waals surface area contributed by atoms with Crippen molar-refractivity contribution in [2.24, 2.45) is 11.8 Å². The zero-order chi connectivity index (χ0) is 15.9. The van der Waals surface area contributed by atoms with E-state index in [-0.39, 0.29) is 12.3 Å². The van der Waals surface area contributed by atoms with E-state index in [0.717, 1.165) is 42.3 Å². The fraction of sp³-hybridized carbons (Fsp3) is 0.529. The van der Waals surface area contributed by atoms with Gasteiger partial charge in [0.15, 0.2) is 0 Å². The van der Waals surface area contributed by atoms with Crippen molar-refractivity contribution in [1.82, 2.24) is 4.90 Å². The van der Waals surface area contributed by atoms with Crippen molar-refractivity contribution in [2.75, 3.05) is 17.5 Å². The molecule has 1 aromatic rings. The van der Waals surface area contributed by atoms with Crippen LogP contribution in [0.25, 0.3) is 0 Å². The van der Waals surface area contributed by atoms with Crippen LogP contribution in [0.2, 0.25) is 0 Å². The smallest absolute Gasteiger partial charge is 0.303 e. The quantitative estimate of drug-likeness (QED) is 0.572. The molecule has 5 heteroatoms. The van der Waals surface area contributed by atoms with Gasteiger partial charge in [-0.3, -0.25) is 9.59 Å². The molecule has 0 radical (unpaired) electrons. The molecule has 0 saturated carbocycles. The predicted molar refractivity (Wildman–Crippen MR) is 94.3 cm³/mol. The van der Waals surface area contributed by atoms with Crippen LogP contribution in [-0.2, 0) is 4.79 Å². The lowest BCUT2D eigenvalue weighted by Crippen LogP contribution is -2.44. The number of halogens is 1. The second-order valence-electron chi connectivity index (χ2n) is 5.84. The van der Waals surface area contributed by atoms with Gasteiger partial charge < -0.3 is 10.0 Å². The molecule has 0 bridgehead atoms. The van der Waals surface area contributed by atoms with Gasteiger partial charge >= 0.3 is 5.97 Å². The number of carboxylic acid groups (broad SMARTS) is 1. The van der Waals surface area contributed by atoms with Gasteiger partial charge in [0.2, 0.25) is 0 Å². The molecule has 0 unspecified atom stereocenters. The number of hydrogen-bond donors (Lipinski definition) is 1. The van der Waals surface area contributed by atoms with Gasteiger partial charge in [-0.25, -0.2) is 0 Å². The predicted octanol–water partition coefficient (Wildman–Crippen LogP) is 3.45. The SMILES string of the molecule is O=C(O)CC[C@@H]1CCN(C(=O)c2ccccc2)C[C@@H]1CCI. The molecular weight excluding hydrogens is 393 g/mol. The minimum atomic E-state index is -0.726. The van der Waals surface area contributed by atoms with Crippen LogP contribution in [0, 0.1) is 11.8 Å². The molecule has 120 valence electrons. The van der Waals surface area contributed by atoms with Crippen molar-refractivity contribution in [3.05, 3.63) is 35.9 Å². The Labute approximate surface area is 145 Å². The van der Waals surface area contributed by atoms with E-state index in [1.807, 2.05) is 35.2 Å². The van der Waals surface area contributed by atoms with Crippen LogP contribution in [0.1, 0.15) is 36.0 Å². The summed E-state index contributed by atoms with van der Waals surface area (Å²) in [5.41, 5.74) is 0.736. The lowest BCUT2D eigenvalue weighted by Gasteiger charge is -2.38. The van der Waals surface area contributed by atoms with Crippen molar-refractivity contribution < 1.29 is 14.7 Å². The molecule has 0 aromatic heterocycles. The molecule has 1 saturated heterocycles. The standard InChI is InChI=1S/C17H22INO3/c18-10-8-15-12-19(11-9-13(15)6-7-16(20)21)17(22)14-4-2-1-3-5-14/h1-5,13,15H,6-12H2,(H,20,21)/t13-,15+/m1/s1. The number of carbonyl (C=O) groups is 2. The molecule has 4 nitrogen and oxygen atoms in total. The van der Waals surface area contributed by atoms with Gasteiger partial charge in [-0.2, -0.15) is 0 Å². The lowest BCUT2D eigenvalue weighted by atomic mass is 9.80. The van der Waals surface area contributed by atoms with Crippen LogP contribution in [0.3, 0.4) is 0 Å². The Morgan fingerprint density at radius 3 is 2.55 bits per heavy atom. The van der Waals surface area contributed by atoms with E-state index in [0.29, 0.717) is 11.8 Å². The van der Waals surface area contributed by atoms with Gasteiger partial charge in [0.05, 0.1) is 0 Å². The maximum atomic E-state index is 12.6. The number of aliphatic carboxylic acids is 1. The molecule has 1 amide bonds. The molecule has 2 atom stereocenters. The number of amides is 1. The highest BCUT2D eigenvalue weighted by molar-refractivity contribution is 14.1. The molecule has 1 aromatic carbocycles. The van der Waals surface area contributed by atoms with Crippen molar-refractivity contribution in [3.8, 4) is 0 Å². The minimum absolute atomic E-state index is 0.0933. The number of nitrogens with zero attached hydrogens (tertiary/aromatic N) is 1. The Hall–Kier alpha value is -1.11. The van der Waals surface area contributed by atoms with E-state index in [1.165, 1.54) is 0 Å². The maximum absolute atomic E-state index is 12.6. The zero-order valence-corrected chi connectivity index (χ0v) is 14.7. The van der Waals surface area contributed by atoms with E-state index in [9.17, 15) is 9.59 Å². The highest BCUT2D eigenvalue weighted by atomic mass is 127. The molecule has 1 aliphatic rings. The van der Waals surface area contributed by atoms with Gasteiger partial charge in [0.1, 0.15) is 0 Å². The van der Waals surface area contributed by atoms with Gasteiger partial charge in [0.25, 0.3) is 5.91 Å². The van der Waals surface area contributed by atoms with E-state index in [4.69, 9.17) is 5.11 Å². The number of rotatable bonds is 6. The number of likely N-dealkylation sites (tertiary alicyclic amines) is 1. The largest absolute Gasteiger partial charge is 0.481 e. The first-order chi connectivity index (χ1) is 10.6. The van der Waals surface area contributed by atoms with E-state index >= 15 is 0 Å². The van der Waals surface area contributed by atoms with Gasteiger partial charge in [-0.05, 0) is 47.7 Å². The molecule has 0 aliphatic carbocycles. The topological polar surface area (TPSA) is 57.6 Å². The highest BCUT2D eigenvalue weighted by Gasteiger charge is 2.31. The summed E-state index contributed by atoms with van der Waals surface area (Å²) in [7, 11) is 0. The summed E-state index contributed by atoms with van der Waals surface area (Å²) in [5.74, 6) is 0.204. The number of hydrogen-bond acceptors (Lipinski definition) is 2. The number of carbonyl (C=O) groups excluding carboxylic acids is 1. The van der Waals surface area contributed by atoms with Gasteiger partial charge in [0, 0.05) is 25.1 Å². The molecule has 22 heavy (non-hydrogen) atoms. The van der Waals surface area contributed by atoms with Crippen molar-refractivity contribution in [2.45, 2.75) is 25.7 Å². The molecule has 2 rings (SSSR count). The number of alkyl halides is 1. The van der Waals surface area contributed by atoms with Crippen LogP contribution in [0.4, 0.5) is 0 Å². The van der Waals surface area contributed by atoms with Crippen LogP contribution in [-0.4, -0.2) is 39.4 Å². The molecule has 1 fully saturated rings. The summed E-state index contributed by atoms with van der Waals surface area (Å²) >= 11 is 2.36. The first-order valence-corrected chi connectivity index (χ1v) is 9.26. The minimum Gasteiger partial charge on any atom is -0.481 e. The second kappa shape index (κ2) is 8.50. The molecule has 1 aliphatic heterocycles. The van der Waals surface area contributed by atoms with E-state index in [2.05, 4.69) is 22.6 Å². The Morgan fingerprint density at radius 1 is 1.18 bits per heavy atom. The van der Waals surface area contributed by atoms with E-state index in [1.54, 1.807) is 0 Å². The third kappa shape index (κ3) is 4.69. The fourth-order valence-electron chi connectivity index (χ4n) is 3.18. The maximum Gasteiger partial charge on any atom is 0.303 e. The number of piperidine rings is 1. The molecule has 1 N–H and O–H groups in total. The lowest BCUT2D eigenvalue weighted by molar-refractivity contribution is -0.137. The Balaban J connectivity index is 2.00. The van der Waals surface area contributed by atoms with Crippen LogP contribution in [0.15, 0.2) is 30.3 Å². The average Bonchev–Trinajstić information content (AvgIpc) is 2.54. The Kier molecular flexibility index (Phi) is 6.67. The highest BCUT2D eigenvalue weighted by Crippen LogP contribution is 2.31. The number of benzene rings is 1. The first-order valence-electron chi connectivity index (χ1n) is 7.74. The summed E-state index contributed by atoms with van der Waals surface area (Å²) < 4.78 is 1.04. The monoisotopic (exact) mass is 415 g/mol. The Morgan fingerprint density at radius 2 is 1.91 bits per heavy atom. The number of carboxylic acids is 1. The second-order valence-corrected chi connectivity index (χ2v) is 6.91. The Bertz CT molecular complexity index is 506. The van der Waals surface area contributed by atoms with Crippen LogP contribution < -0.4 is 0 Å². The third-order valence-electron chi connectivity index (χ3n) is 4.41. The van der Waals surface area contributed by atoms with Crippen LogP contribution in [0.5, 0.6) is 0 Å². The fourth-order valence-corrected chi connectivity index (χ4v) is 3.98. The molecule has 1 heterocycles. The summed E-state index contributed by atoms with van der Waals surface area (Å²) in [6.07, 6.45) is 2.91. The summed E-state index contributed by atoms with van der Waals surface area (Å²) in [5, 5.41) is 8.88. The summed E-state index contributed by atoms with van der Waals surface area (Å²) in [4.78, 5) is 25.3. The van der Waals surface area contributed by atoms with E-state index < -0.39 is 5.97 Å². The van der Waals surface area contributed by atoms with Gasteiger partial charge in [-0.1, -0.05) is 40.8 Å². The normalized spacial score (nSPS) is 21.6. The zero-order valence-electron chi connectivity index (χ0n) is 12.6. The average molecular weight is 415 g/mol. The first kappa shape index (κ1) is 17.2. The van der Waals surface area contributed by atoms with Crippen molar-refractivity contribution in [1.29, 1.82) is 0 Å². The van der Waals surface area contributed by atoms with Crippen molar-refractivity contribution >= 4 is 34.5 Å². The van der Waals surface area contributed by atoms with Crippen molar-refractivity contribution in [3.63, 3.8) is 0 Å². The molecule has 0 spiro atoms. The summed E-state index contributed by atoms with van der Waals surface area (Å²) in [6.45, 7) is 1.48. The molecular formula is C17H22INO3. The summed E-state index contributed by atoms with van der Waals surface area (Å²) in [6, 6.07) is 9.39.